The van der Waals surface area contributed by atoms with E-state index in [0.717, 1.165) is 18.2 Å². The molecule has 0 amide bonds. The van der Waals surface area contributed by atoms with Gasteiger partial charge in [0.2, 0.25) is 11.8 Å². The van der Waals surface area contributed by atoms with Gasteiger partial charge in [-0.05, 0) is 25.8 Å². The van der Waals surface area contributed by atoms with E-state index in [-0.39, 0.29) is 6.04 Å². The summed E-state index contributed by atoms with van der Waals surface area (Å²) in [7, 11) is 0. The Hall–Kier alpha value is -2.46. The number of anilines is 1. The molecule has 0 aliphatic heterocycles. The average molecular weight is 284 g/mol. The monoisotopic (exact) mass is 284 g/mol. The highest BCUT2D eigenvalue weighted by Crippen LogP contribution is 2.25. The predicted molar refractivity (Wildman–Crippen MR) is 77.8 cm³/mol. The van der Waals surface area contributed by atoms with Gasteiger partial charge in [0.25, 0.3) is 0 Å². The summed E-state index contributed by atoms with van der Waals surface area (Å²) in [5.74, 6) is 0.897. The van der Waals surface area contributed by atoms with Crippen LogP contribution < -0.4 is 15.8 Å². The van der Waals surface area contributed by atoms with Crippen LogP contribution in [0.25, 0.3) is 10.9 Å². The molecule has 7 nitrogen and oxygen atoms in total. The maximum Gasteiger partial charge on any atom is 0.242 e. The second kappa shape index (κ2) is 5.50. The van der Waals surface area contributed by atoms with Gasteiger partial charge in [0.15, 0.2) is 0 Å². The minimum atomic E-state index is 0.266. The Morgan fingerprint density at radius 3 is 2.95 bits per heavy atom. The standard InChI is InChI=1S/C14H16N6O/c1-2-21-13-12-8(3-11(6-15)18-13)7-17-14(20-12)19-10-4-9(16)5-10/h3,7,9-10H,2,4-5,16H2,1H3,(H,17,19,20). The van der Waals surface area contributed by atoms with Crippen LogP contribution in [0, 0.1) is 11.3 Å². The van der Waals surface area contributed by atoms with Crippen LogP contribution in [-0.4, -0.2) is 33.6 Å². The maximum absolute atomic E-state index is 8.99. The number of fused-ring (bicyclic) bond motifs is 1. The number of nitrogens with zero attached hydrogens (tertiary/aromatic N) is 4. The Balaban J connectivity index is 1.95. The third kappa shape index (κ3) is 2.71. The van der Waals surface area contributed by atoms with E-state index in [9.17, 15) is 0 Å². The fourth-order valence-electron chi connectivity index (χ4n) is 2.34. The molecule has 7 heteroatoms. The summed E-state index contributed by atoms with van der Waals surface area (Å²) in [5, 5.41) is 13.0. The lowest BCUT2D eigenvalue weighted by Gasteiger charge is -2.32. The highest BCUT2D eigenvalue weighted by Gasteiger charge is 2.26. The third-order valence-electron chi connectivity index (χ3n) is 3.44. The zero-order valence-electron chi connectivity index (χ0n) is 11.7. The van der Waals surface area contributed by atoms with Crippen molar-refractivity contribution in [1.29, 1.82) is 5.26 Å². The minimum absolute atomic E-state index is 0.266. The van der Waals surface area contributed by atoms with Crippen molar-refractivity contribution in [3.8, 4) is 11.9 Å². The van der Waals surface area contributed by atoms with E-state index < -0.39 is 0 Å². The highest BCUT2D eigenvalue weighted by molar-refractivity contribution is 5.84. The first-order chi connectivity index (χ1) is 10.2. The van der Waals surface area contributed by atoms with Crippen LogP contribution in [0.5, 0.6) is 5.88 Å². The molecule has 108 valence electrons. The van der Waals surface area contributed by atoms with E-state index >= 15 is 0 Å². The predicted octanol–water partition coefficient (Wildman–Crippen LogP) is 1.20. The van der Waals surface area contributed by atoms with Crippen LogP contribution in [-0.2, 0) is 0 Å². The zero-order chi connectivity index (χ0) is 14.8. The van der Waals surface area contributed by atoms with Gasteiger partial charge in [-0.15, -0.1) is 0 Å². The molecular formula is C14H16N6O. The summed E-state index contributed by atoms with van der Waals surface area (Å²) in [6.45, 7) is 2.32. The lowest BCUT2D eigenvalue weighted by Crippen LogP contribution is -2.44. The van der Waals surface area contributed by atoms with Gasteiger partial charge < -0.3 is 15.8 Å². The molecule has 1 aliphatic carbocycles. The van der Waals surface area contributed by atoms with Gasteiger partial charge in [-0.2, -0.15) is 5.26 Å². The molecule has 0 atom stereocenters. The van der Waals surface area contributed by atoms with E-state index in [2.05, 4.69) is 20.3 Å². The molecule has 1 aliphatic rings. The van der Waals surface area contributed by atoms with Gasteiger partial charge in [-0.3, -0.25) is 0 Å². The molecule has 0 spiro atoms. The lowest BCUT2D eigenvalue weighted by molar-refractivity contribution is 0.330. The van der Waals surface area contributed by atoms with Crippen molar-refractivity contribution < 1.29 is 4.74 Å². The second-order valence-corrected chi connectivity index (χ2v) is 5.06. The summed E-state index contributed by atoms with van der Waals surface area (Å²) in [6, 6.07) is 4.25. The van der Waals surface area contributed by atoms with Crippen molar-refractivity contribution in [2.45, 2.75) is 31.8 Å². The van der Waals surface area contributed by atoms with Crippen molar-refractivity contribution in [2.24, 2.45) is 5.73 Å². The van der Waals surface area contributed by atoms with Crippen LogP contribution in [0.1, 0.15) is 25.5 Å². The van der Waals surface area contributed by atoms with E-state index in [4.69, 9.17) is 15.7 Å². The van der Waals surface area contributed by atoms with E-state index in [1.807, 2.05) is 13.0 Å². The molecule has 1 fully saturated rings. The number of pyridine rings is 1. The van der Waals surface area contributed by atoms with Crippen molar-refractivity contribution in [3.63, 3.8) is 0 Å². The molecule has 0 radical (unpaired) electrons. The number of nitrogens with one attached hydrogen (secondary N) is 1. The molecule has 0 bridgehead atoms. The number of hydrogen-bond donors (Lipinski definition) is 2. The fraction of sp³-hybridized carbons (Fsp3) is 0.429. The SMILES string of the molecule is CCOc1nc(C#N)cc2cnc(NC3CC(N)C3)nc12. The molecule has 3 rings (SSSR count). The molecule has 3 N–H and O–H groups in total. The maximum atomic E-state index is 8.99. The lowest BCUT2D eigenvalue weighted by atomic mass is 9.88. The van der Waals surface area contributed by atoms with Crippen LogP contribution in [0.3, 0.4) is 0 Å². The molecule has 2 heterocycles. The fourth-order valence-corrected chi connectivity index (χ4v) is 2.34. The quantitative estimate of drug-likeness (QED) is 0.867. The average Bonchev–Trinajstić information content (AvgIpc) is 2.46. The van der Waals surface area contributed by atoms with E-state index in [1.165, 1.54) is 0 Å². The van der Waals surface area contributed by atoms with E-state index in [0.29, 0.717) is 35.7 Å². The Kier molecular flexibility index (Phi) is 3.54. The van der Waals surface area contributed by atoms with E-state index in [1.54, 1.807) is 12.3 Å². The largest absolute Gasteiger partial charge is 0.476 e. The molecule has 21 heavy (non-hydrogen) atoms. The summed E-state index contributed by atoms with van der Waals surface area (Å²) in [5.41, 5.74) is 6.67. The third-order valence-corrected chi connectivity index (χ3v) is 3.44. The topological polar surface area (TPSA) is 110 Å². The van der Waals surface area contributed by atoms with Crippen molar-refractivity contribution >= 4 is 16.9 Å². The molecule has 0 unspecified atom stereocenters. The van der Waals surface area contributed by atoms with Gasteiger partial charge >= 0.3 is 0 Å². The number of aromatic nitrogens is 3. The molecule has 0 saturated heterocycles. The summed E-state index contributed by atoms with van der Waals surface area (Å²) in [6.07, 6.45) is 3.52. The first kappa shape index (κ1) is 13.5. The smallest absolute Gasteiger partial charge is 0.242 e. The van der Waals surface area contributed by atoms with Gasteiger partial charge in [0, 0.05) is 23.7 Å². The van der Waals surface area contributed by atoms with Gasteiger partial charge in [0.05, 0.1) is 6.61 Å². The molecular weight excluding hydrogens is 268 g/mol. The summed E-state index contributed by atoms with van der Waals surface area (Å²) < 4.78 is 5.48. The number of ether oxygens (including phenoxy) is 1. The number of rotatable bonds is 4. The Morgan fingerprint density at radius 1 is 1.48 bits per heavy atom. The molecule has 0 aromatic carbocycles. The molecule has 2 aromatic rings. The summed E-state index contributed by atoms with van der Waals surface area (Å²) >= 11 is 0. The van der Waals surface area contributed by atoms with Crippen molar-refractivity contribution in [1.82, 2.24) is 15.0 Å². The molecule has 1 saturated carbocycles. The number of nitriles is 1. The first-order valence-corrected chi connectivity index (χ1v) is 6.92. The normalized spacial score (nSPS) is 20.6. The van der Waals surface area contributed by atoms with Crippen LogP contribution in [0.15, 0.2) is 12.3 Å². The second-order valence-electron chi connectivity index (χ2n) is 5.06. The van der Waals surface area contributed by atoms with Crippen LogP contribution in [0.4, 0.5) is 5.95 Å². The Bertz CT molecular complexity index is 704. The van der Waals surface area contributed by atoms with Crippen molar-refractivity contribution in [3.05, 3.63) is 18.0 Å². The van der Waals surface area contributed by atoms with Crippen LogP contribution in [0.2, 0.25) is 0 Å². The Labute approximate surface area is 122 Å². The first-order valence-electron chi connectivity index (χ1n) is 6.92. The Morgan fingerprint density at radius 2 is 2.29 bits per heavy atom. The highest BCUT2D eigenvalue weighted by atomic mass is 16.5. The number of nitrogens with two attached hydrogens (primary N) is 1. The van der Waals surface area contributed by atoms with Gasteiger partial charge in [-0.25, -0.2) is 15.0 Å². The van der Waals surface area contributed by atoms with Crippen LogP contribution >= 0.6 is 0 Å². The minimum Gasteiger partial charge on any atom is -0.476 e. The van der Waals surface area contributed by atoms with Crippen molar-refractivity contribution in [2.75, 3.05) is 11.9 Å². The van der Waals surface area contributed by atoms with Gasteiger partial charge in [0.1, 0.15) is 17.3 Å². The number of hydrogen-bond acceptors (Lipinski definition) is 7. The molecule has 2 aromatic heterocycles. The summed E-state index contributed by atoms with van der Waals surface area (Å²) in [4.78, 5) is 12.9. The van der Waals surface area contributed by atoms with Gasteiger partial charge in [-0.1, -0.05) is 0 Å². The zero-order valence-corrected chi connectivity index (χ0v) is 11.7.